The van der Waals surface area contributed by atoms with Crippen LogP contribution in [0.1, 0.15) is 23.9 Å². The summed E-state index contributed by atoms with van der Waals surface area (Å²) in [6.07, 6.45) is 1.84. The van der Waals surface area contributed by atoms with Crippen molar-refractivity contribution in [2.24, 2.45) is 0 Å². The maximum atomic E-state index is 6.40. The molecule has 1 unspecified atom stereocenters. The van der Waals surface area contributed by atoms with Crippen molar-refractivity contribution in [3.05, 3.63) is 50.7 Å². The third kappa shape index (κ3) is 4.09. The van der Waals surface area contributed by atoms with Crippen LogP contribution in [0.4, 0.5) is 0 Å². The number of nitrogens with one attached hydrogen (secondary N) is 1. The van der Waals surface area contributed by atoms with Crippen LogP contribution in [0.2, 0.25) is 5.02 Å². The van der Waals surface area contributed by atoms with Crippen LogP contribution in [0.3, 0.4) is 0 Å². The fraction of sp³-hybridized carbons (Fsp3) is 0.438. The van der Waals surface area contributed by atoms with Gasteiger partial charge in [-0.15, -0.1) is 0 Å². The van der Waals surface area contributed by atoms with Gasteiger partial charge in [0, 0.05) is 23.5 Å². The van der Waals surface area contributed by atoms with Gasteiger partial charge >= 0.3 is 0 Å². The smallest absolute Gasteiger partial charge is 0.0847 e. The van der Waals surface area contributed by atoms with Crippen LogP contribution in [-0.2, 0) is 19.4 Å². The van der Waals surface area contributed by atoms with Gasteiger partial charge in [-0.25, -0.2) is 0 Å². The van der Waals surface area contributed by atoms with Gasteiger partial charge in [0.15, 0.2) is 0 Å². The van der Waals surface area contributed by atoms with Gasteiger partial charge in [0.25, 0.3) is 0 Å². The zero-order chi connectivity index (χ0) is 15.4. The summed E-state index contributed by atoms with van der Waals surface area (Å²) in [6, 6.07) is 8.80. The van der Waals surface area contributed by atoms with E-state index in [2.05, 4.69) is 57.5 Å². The van der Waals surface area contributed by atoms with E-state index in [1.807, 2.05) is 18.7 Å². The summed E-state index contributed by atoms with van der Waals surface area (Å²) in [6.45, 7) is 4.90. The average Bonchev–Trinajstić information content (AvgIpc) is 2.76. The van der Waals surface area contributed by atoms with Crippen LogP contribution in [0, 0.1) is 6.92 Å². The van der Waals surface area contributed by atoms with Crippen molar-refractivity contribution >= 4 is 27.5 Å². The highest BCUT2D eigenvalue weighted by molar-refractivity contribution is 9.10. The minimum absolute atomic E-state index is 0.338. The second-order valence-corrected chi connectivity index (χ2v) is 6.48. The Hall–Kier alpha value is -0.840. The van der Waals surface area contributed by atoms with Crippen LogP contribution in [0.5, 0.6) is 0 Å². The van der Waals surface area contributed by atoms with Crippen molar-refractivity contribution < 1.29 is 0 Å². The molecule has 1 atom stereocenters. The summed E-state index contributed by atoms with van der Waals surface area (Å²) in [5.74, 6) is 0. The van der Waals surface area contributed by atoms with Crippen molar-refractivity contribution in [1.82, 2.24) is 15.1 Å². The zero-order valence-corrected chi connectivity index (χ0v) is 15.0. The monoisotopic (exact) mass is 369 g/mol. The van der Waals surface area contributed by atoms with Gasteiger partial charge in [0.2, 0.25) is 0 Å². The summed E-state index contributed by atoms with van der Waals surface area (Å²) in [5, 5.41) is 8.67. The molecule has 114 valence electrons. The van der Waals surface area contributed by atoms with Crippen molar-refractivity contribution in [2.75, 3.05) is 7.05 Å². The molecule has 1 N–H and O–H groups in total. The van der Waals surface area contributed by atoms with E-state index in [1.165, 1.54) is 5.56 Å². The maximum Gasteiger partial charge on any atom is 0.0847 e. The molecule has 0 saturated carbocycles. The van der Waals surface area contributed by atoms with Crippen molar-refractivity contribution in [1.29, 1.82) is 0 Å². The number of nitrogens with zero attached hydrogens (tertiary/aromatic N) is 2. The number of aryl methyl sites for hydroxylation is 2. The number of benzene rings is 1. The predicted molar refractivity (Wildman–Crippen MR) is 92.0 cm³/mol. The van der Waals surface area contributed by atoms with Crippen LogP contribution in [0.15, 0.2) is 28.7 Å². The minimum atomic E-state index is 0.338. The van der Waals surface area contributed by atoms with Gasteiger partial charge < -0.3 is 5.32 Å². The lowest BCUT2D eigenvalue weighted by Crippen LogP contribution is -2.31. The first kappa shape index (κ1) is 16.5. The van der Waals surface area contributed by atoms with E-state index in [4.69, 9.17) is 11.6 Å². The molecule has 5 heteroatoms. The van der Waals surface area contributed by atoms with Gasteiger partial charge in [-0.2, -0.15) is 5.10 Å². The minimum Gasteiger partial charge on any atom is -0.316 e. The van der Waals surface area contributed by atoms with Crippen LogP contribution in [-0.4, -0.2) is 22.9 Å². The molecule has 0 bridgehead atoms. The van der Waals surface area contributed by atoms with E-state index >= 15 is 0 Å². The number of hydrogen-bond acceptors (Lipinski definition) is 2. The summed E-state index contributed by atoms with van der Waals surface area (Å²) < 4.78 is 3.11. The van der Waals surface area contributed by atoms with Gasteiger partial charge in [0.05, 0.1) is 16.4 Å². The fourth-order valence-electron chi connectivity index (χ4n) is 2.48. The molecule has 0 fully saturated rings. The SMILES string of the molecule is CCn1nc(C)c(Cl)c1CC(Cc1ccc(Br)cc1)NC. The Balaban J connectivity index is 2.14. The molecule has 0 amide bonds. The number of rotatable bonds is 6. The quantitative estimate of drug-likeness (QED) is 0.833. The van der Waals surface area contributed by atoms with Gasteiger partial charge in [0.1, 0.15) is 0 Å². The first-order valence-electron chi connectivity index (χ1n) is 7.18. The highest BCUT2D eigenvalue weighted by atomic mass is 79.9. The lowest BCUT2D eigenvalue weighted by atomic mass is 10.0. The Labute approximate surface area is 139 Å². The molecule has 1 aromatic heterocycles. The molecule has 1 heterocycles. The number of likely N-dealkylation sites (N-methyl/N-ethyl adjacent to an activating group) is 1. The van der Waals surface area contributed by atoms with E-state index in [0.29, 0.717) is 6.04 Å². The van der Waals surface area contributed by atoms with E-state index in [-0.39, 0.29) is 0 Å². The Morgan fingerprint density at radius 2 is 1.95 bits per heavy atom. The Kier molecular flexibility index (Phi) is 5.85. The van der Waals surface area contributed by atoms with Crippen LogP contribution >= 0.6 is 27.5 Å². The van der Waals surface area contributed by atoms with Crippen molar-refractivity contribution in [3.63, 3.8) is 0 Å². The summed E-state index contributed by atoms with van der Waals surface area (Å²) in [5.41, 5.74) is 3.34. The molecule has 2 rings (SSSR count). The van der Waals surface area contributed by atoms with Crippen LogP contribution < -0.4 is 5.32 Å². The predicted octanol–water partition coefficient (Wildman–Crippen LogP) is 4.00. The lowest BCUT2D eigenvalue weighted by Gasteiger charge is -2.17. The molecule has 0 aliphatic heterocycles. The number of halogens is 2. The highest BCUT2D eigenvalue weighted by Crippen LogP contribution is 2.22. The largest absolute Gasteiger partial charge is 0.316 e. The average molecular weight is 371 g/mol. The molecule has 0 saturated heterocycles. The Morgan fingerprint density at radius 3 is 2.52 bits per heavy atom. The Bertz CT molecular complexity index is 592. The first-order chi connectivity index (χ1) is 10.0. The lowest BCUT2D eigenvalue weighted by molar-refractivity contribution is 0.520. The van der Waals surface area contributed by atoms with Gasteiger partial charge in [-0.1, -0.05) is 39.7 Å². The first-order valence-corrected chi connectivity index (χ1v) is 8.35. The van der Waals surface area contributed by atoms with Crippen molar-refractivity contribution in [2.45, 2.75) is 39.3 Å². The standard InChI is InChI=1S/C16H21BrClN3/c1-4-21-15(16(18)11(2)20-21)10-14(19-3)9-12-5-7-13(17)8-6-12/h5-8,14,19H,4,9-10H2,1-3H3. The summed E-state index contributed by atoms with van der Waals surface area (Å²) in [7, 11) is 2.00. The van der Waals surface area contributed by atoms with E-state index in [1.54, 1.807) is 0 Å². The van der Waals surface area contributed by atoms with Gasteiger partial charge in [-0.3, -0.25) is 4.68 Å². The number of aromatic nitrogens is 2. The summed E-state index contributed by atoms with van der Waals surface area (Å²) >= 11 is 9.87. The molecular formula is C16H21BrClN3. The molecule has 0 aliphatic carbocycles. The van der Waals surface area contributed by atoms with Crippen molar-refractivity contribution in [3.8, 4) is 0 Å². The fourth-order valence-corrected chi connectivity index (χ4v) is 2.96. The molecule has 21 heavy (non-hydrogen) atoms. The topological polar surface area (TPSA) is 29.9 Å². The normalized spacial score (nSPS) is 12.6. The van der Waals surface area contributed by atoms with E-state index in [0.717, 1.165) is 40.3 Å². The molecule has 1 aromatic carbocycles. The highest BCUT2D eigenvalue weighted by Gasteiger charge is 2.17. The zero-order valence-electron chi connectivity index (χ0n) is 12.7. The molecular weight excluding hydrogens is 350 g/mol. The molecule has 0 aliphatic rings. The molecule has 0 spiro atoms. The second kappa shape index (κ2) is 7.43. The van der Waals surface area contributed by atoms with Crippen LogP contribution in [0.25, 0.3) is 0 Å². The molecule has 3 nitrogen and oxygen atoms in total. The summed E-state index contributed by atoms with van der Waals surface area (Å²) in [4.78, 5) is 0. The second-order valence-electron chi connectivity index (χ2n) is 5.18. The molecule has 2 aromatic rings. The van der Waals surface area contributed by atoms with E-state index in [9.17, 15) is 0 Å². The Morgan fingerprint density at radius 1 is 1.29 bits per heavy atom. The molecule has 0 radical (unpaired) electrons. The third-order valence-corrected chi connectivity index (χ3v) is 4.72. The number of hydrogen-bond donors (Lipinski definition) is 1. The maximum absolute atomic E-state index is 6.40. The third-order valence-electron chi connectivity index (χ3n) is 3.70. The van der Waals surface area contributed by atoms with Gasteiger partial charge in [-0.05, 0) is 45.0 Å². The van der Waals surface area contributed by atoms with E-state index < -0.39 is 0 Å².